The molecule has 0 fully saturated rings. The minimum absolute atomic E-state index is 0.0695. The number of hydrogen-bond acceptors (Lipinski definition) is 4. The van der Waals surface area contributed by atoms with E-state index in [0.29, 0.717) is 11.4 Å². The van der Waals surface area contributed by atoms with Gasteiger partial charge in [-0.05, 0) is 35.0 Å². The van der Waals surface area contributed by atoms with Crippen LogP contribution in [-0.2, 0) is 11.3 Å². The third-order valence-corrected chi connectivity index (χ3v) is 2.67. The largest absolute Gasteiger partial charge is 0.454 e. The molecule has 4 nitrogen and oxygen atoms in total. The van der Waals surface area contributed by atoms with Crippen molar-refractivity contribution in [3.8, 4) is 0 Å². The van der Waals surface area contributed by atoms with E-state index in [-0.39, 0.29) is 12.6 Å². The summed E-state index contributed by atoms with van der Waals surface area (Å²) in [5.41, 5.74) is 1.55. The second kappa shape index (κ2) is 5.73. The van der Waals surface area contributed by atoms with Crippen LogP contribution in [0.25, 0.3) is 0 Å². The summed E-state index contributed by atoms with van der Waals surface area (Å²) in [5, 5.41) is 0. The number of halogens is 1. The van der Waals surface area contributed by atoms with Gasteiger partial charge in [-0.1, -0.05) is 17.7 Å². The van der Waals surface area contributed by atoms with Gasteiger partial charge in [0.1, 0.15) is 0 Å². The Kier molecular flexibility index (Phi) is 4.04. The van der Waals surface area contributed by atoms with Crippen LogP contribution in [0.1, 0.15) is 21.7 Å². The summed E-state index contributed by atoms with van der Waals surface area (Å²) in [7, 11) is 0. The van der Waals surface area contributed by atoms with Crippen LogP contribution in [0.5, 0.6) is 0 Å². The van der Waals surface area contributed by atoms with E-state index >= 15 is 0 Å². The molecule has 1 aromatic carbocycles. The first kappa shape index (κ1) is 12.7. The zero-order valence-electron chi connectivity index (χ0n) is 9.76. The molecule has 0 aliphatic rings. The van der Waals surface area contributed by atoms with Crippen LogP contribution in [-0.4, -0.2) is 15.9 Å². The Hall–Kier alpha value is -1.75. The van der Waals surface area contributed by atoms with Crippen molar-refractivity contribution in [1.82, 2.24) is 9.97 Å². The van der Waals surface area contributed by atoms with Gasteiger partial charge >= 0.3 is 5.97 Å². The van der Waals surface area contributed by atoms with E-state index in [2.05, 4.69) is 25.9 Å². The normalized spacial score (nSPS) is 10.1. The van der Waals surface area contributed by atoms with Crippen molar-refractivity contribution in [1.29, 1.82) is 0 Å². The van der Waals surface area contributed by atoms with E-state index in [0.717, 1.165) is 10.0 Å². The van der Waals surface area contributed by atoms with Crippen molar-refractivity contribution in [3.63, 3.8) is 0 Å². The molecule has 92 valence electrons. The van der Waals surface area contributed by atoms with Gasteiger partial charge in [0, 0.05) is 12.4 Å². The molecule has 0 spiro atoms. The molecule has 0 unspecified atom stereocenters. The minimum atomic E-state index is -0.370. The first-order chi connectivity index (χ1) is 8.65. The molecule has 2 rings (SSSR count). The van der Waals surface area contributed by atoms with Gasteiger partial charge in [0.05, 0.1) is 10.0 Å². The Bertz CT molecular complexity index is 555. The van der Waals surface area contributed by atoms with Crippen LogP contribution < -0.4 is 0 Å². The summed E-state index contributed by atoms with van der Waals surface area (Å²) in [5.74, 6) is 0.101. The summed E-state index contributed by atoms with van der Waals surface area (Å²) in [6.07, 6.45) is 3.23. The lowest BCUT2D eigenvalue weighted by molar-refractivity contribution is 0.0462. The maximum absolute atomic E-state index is 11.8. The average Bonchev–Trinajstić information content (AvgIpc) is 2.38. The summed E-state index contributed by atoms with van der Waals surface area (Å²) >= 11 is 3.24. The zero-order chi connectivity index (χ0) is 13.0. The quantitative estimate of drug-likeness (QED) is 0.818. The van der Waals surface area contributed by atoms with Crippen molar-refractivity contribution in [3.05, 3.63) is 58.1 Å². The highest BCUT2D eigenvalue weighted by Gasteiger charge is 2.08. The monoisotopic (exact) mass is 306 g/mol. The molecule has 1 heterocycles. The Labute approximate surface area is 113 Å². The first-order valence-corrected chi connectivity index (χ1v) is 6.14. The number of rotatable bonds is 3. The predicted molar refractivity (Wildman–Crippen MR) is 70.0 cm³/mol. The third-order valence-electron chi connectivity index (χ3n) is 2.26. The van der Waals surface area contributed by atoms with Crippen LogP contribution in [0.15, 0.2) is 41.1 Å². The lowest BCUT2D eigenvalue weighted by Crippen LogP contribution is -2.07. The number of benzene rings is 1. The average molecular weight is 307 g/mol. The van der Waals surface area contributed by atoms with Gasteiger partial charge in [0.25, 0.3) is 0 Å². The number of hydrogen-bond donors (Lipinski definition) is 0. The van der Waals surface area contributed by atoms with Gasteiger partial charge in [-0.2, -0.15) is 0 Å². The molecule has 0 aliphatic carbocycles. The number of ether oxygens (including phenoxy) is 1. The molecular weight excluding hydrogens is 296 g/mol. The highest BCUT2D eigenvalue weighted by molar-refractivity contribution is 9.10. The SMILES string of the molecule is Cc1cccc(C(=O)OCc2ncc(Br)cn2)c1. The molecule has 5 heteroatoms. The smallest absolute Gasteiger partial charge is 0.338 e. The van der Waals surface area contributed by atoms with E-state index < -0.39 is 0 Å². The van der Waals surface area contributed by atoms with Crippen LogP contribution in [0.4, 0.5) is 0 Å². The van der Waals surface area contributed by atoms with E-state index in [1.165, 1.54) is 0 Å². The zero-order valence-corrected chi connectivity index (χ0v) is 11.3. The molecule has 0 saturated carbocycles. The van der Waals surface area contributed by atoms with Crippen molar-refractivity contribution < 1.29 is 9.53 Å². The number of nitrogens with zero attached hydrogens (tertiary/aromatic N) is 2. The number of carbonyl (C=O) groups is 1. The van der Waals surface area contributed by atoms with Crippen LogP contribution >= 0.6 is 15.9 Å². The second-order valence-corrected chi connectivity index (χ2v) is 4.68. The van der Waals surface area contributed by atoms with Crippen molar-refractivity contribution in [2.45, 2.75) is 13.5 Å². The predicted octanol–water partition coefficient (Wildman–Crippen LogP) is 2.90. The van der Waals surface area contributed by atoms with Crippen molar-refractivity contribution in [2.24, 2.45) is 0 Å². The maximum Gasteiger partial charge on any atom is 0.338 e. The minimum Gasteiger partial charge on any atom is -0.454 e. The van der Waals surface area contributed by atoms with Gasteiger partial charge < -0.3 is 4.74 Å². The van der Waals surface area contributed by atoms with Gasteiger partial charge in [-0.15, -0.1) is 0 Å². The van der Waals surface area contributed by atoms with Crippen LogP contribution in [0.2, 0.25) is 0 Å². The Balaban J connectivity index is 1.98. The van der Waals surface area contributed by atoms with Crippen molar-refractivity contribution in [2.75, 3.05) is 0 Å². The number of aromatic nitrogens is 2. The highest BCUT2D eigenvalue weighted by Crippen LogP contribution is 2.08. The fourth-order valence-corrected chi connectivity index (χ4v) is 1.60. The Morgan fingerprint density at radius 2 is 2.06 bits per heavy atom. The molecule has 1 aromatic heterocycles. The molecule has 0 N–H and O–H groups in total. The second-order valence-electron chi connectivity index (χ2n) is 3.76. The summed E-state index contributed by atoms with van der Waals surface area (Å²) in [6.45, 7) is 1.99. The van der Waals surface area contributed by atoms with Gasteiger partial charge in [-0.25, -0.2) is 14.8 Å². The fourth-order valence-electron chi connectivity index (χ4n) is 1.40. The Morgan fingerprint density at radius 1 is 1.33 bits per heavy atom. The van der Waals surface area contributed by atoms with Gasteiger partial charge in [-0.3, -0.25) is 0 Å². The highest BCUT2D eigenvalue weighted by atomic mass is 79.9. The third kappa shape index (κ3) is 3.37. The lowest BCUT2D eigenvalue weighted by Gasteiger charge is -2.04. The summed E-state index contributed by atoms with van der Waals surface area (Å²) in [6, 6.07) is 7.25. The van der Waals surface area contributed by atoms with Crippen molar-refractivity contribution >= 4 is 21.9 Å². The molecule has 0 amide bonds. The lowest BCUT2D eigenvalue weighted by atomic mass is 10.1. The number of carbonyl (C=O) groups excluding carboxylic acids is 1. The van der Waals surface area contributed by atoms with E-state index in [4.69, 9.17) is 4.74 Å². The standard InChI is InChI=1S/C13H11BrN2O2/c1-9-3-2-4-10(5-9)13(17)18-8-12-15-6-11(14)7-16-12/h2-7H,8H2,1H3. The van der Waals surface area contributed by atoms with Crippen LogP contribution in [0, 0.1) is 6.92 Å². The van der Waals surface area contributed by atoms with Gasteiger partial charge in [0.2, 0.25) is 0 Å². The van der Waals surface area contributed by atoms with E-state index in [1.54, 1.807) is 24.5 Å². The van der Waals surface area contributed by atoms with Crippen LogP contribution in [0.3, 0.4) is 0 Å². The fraction of sp³-hybridized carbons (Fsp3) is 0.154. The summed E-state index contributed by atoms with van der Waals surface area (Å²) < 4.78 is 5.92. The Morgan fingerprint density at radius 3 is 2.72 bits per heavy atom. The maximum atomic E-state index is 11.8. The van der Waals surface area contributed by atoms with E-state index in [1.807, 2.05) is 19.1 Å². The molecule has 0 saturated heterocycles. The number of aryl methyl sites for hydroxylation is 1. The molecule has 0 bridgehead atoms. The summed E-state index contributed by atoms with van der Waals surface area (Å²) in [4.78, 5) is 19.8. The molecule has 0 aliphatic heterocycles. The number of esters is 1. The first-order valence-electron chi connectivity index (χ1n) is 5.35. The van der Waals surface area contributed by atoms with Gasteiger partial charge in [0.15, 0.2) is 12.4 Å². The molecular formula is C13H11BrN2O2. The molecule has 0 atom stereocenters. The molecule has 18 heavy (non-hydrogen) atoms. The molecule has 0 radical (unpaired) electrons. The molecule has 2 aromatic rings. The van der Waals surface area contributed by atoms with E-state index in [9.17, 15) is 4.79 Å². The topological polar surface area (TPSA) is 52.1 Å².